The van der Waals surface area contributed by atoms with Crippen molar-refractivity contribution in [1.29, 1.82) is 0 Å². The van der Waals surface area contributed by atoms with E-state index in [1.165, 1.54) is 0 Å². The van der Waals surface area contributed by atoms with Gasteiger partial charge in [0.05, 0.1) is 6.61 Å². The first-order valence-electron chi connectivity index (χ1n) is 3.33. The van der Waals surface area contributed by atoms with Gasteiger partial charge in [-0.05, 0) is 0 Å². The smallest absolute Gasteiger partial charge is 1.00 e. The molecule has 0 bridgehead atoms. The van der Waals surface area contributed by atoms with E-state index in [2.05, 4.69) is 0 Å². The van der Waals surface area contributed by atoms with Crippen LogP contribution in [0.3, 0.4) is 0 Å². The van der Waals surface area contributed by atoms with Crippen LogP contribution in [0, 0.1) is 0 Å². The Morgan fingerprint density at radius 1 is 1.14 bits per heavy atom. The molecule has 0 aromatic rings. The molecule has 0 aromatic heterocycles. The molecule has 0 rings (SSSR count). The molecular weight excluding hydrogens is 271 g/mol. The minimum absolute atomic E-state index is 0. The van der Waals surface area contributed by atoms with E-state index >= 15 is 0 Å². The van der Waals surface area contributed by atoms with Gasteiger partial charge >= 0.3 is 29.6 Å². The Morgan fingerprint density at radius 2 is 1.57 bits per heavy atom. The number of rotatable bonds is 5. The van der Waals surface area contributed by atoms with Gasteiger partial charge in [0.2, 0.25) is 0 Å². The number of carbonyl (C=O) groups is 1. The second-order valence-electron chi connectivity index (χ2n) is 2.31. The molecule has 5 N–H and O–H groups in total. The molecule has 0 saturated carbocycles. The molecule has 0 unspecified atom stereocenters. The van der Waals surface area contributed by atoms with Crippen molar-refractivity contribution in [1.82, 2.24) is 0 Å². The summed E-state index contributed by atoms with van der Waals surface area (Å²) in [6.45, 7) is -1.69. The molecule has 8 heteroatoms. The molecule has 0 saturated heterocycles. The Kier molecular flexibility index (Phi) is 15.2. The van der Waals surface area contributed by atoms with Crippen LogP contribution in [-0.4, -0.2) is 62.8 Å². The van der Waals surface area contributed by atoms with Gasteiger partial charge in [-0.15, -0.1) is 0 Å². The first-order valence-corrected chi connectivity index (χ1v) is 3.33. The van der Waals surface area contributed by atoms with Crippen molar-refractivity contribution >= 4 is 5.78 Å². The number of hydrogen-bond donors (Lipinski definition) is 5. The summed E-state index contributed by atoms with van der Waals surface area (Å²) in [6, 6.07) is 0. The molecule has 0 fully saturated rings. The zero-order valence-electron chi connectivity index (χ0n) is 7.67. The van der Waals surface area contributed by atoms with Crippen LogP contribution in [-0.2, 0) is 4.79 Å². The van der Waals surface area contributed by atoms with Crippen molar-refractivity contribution in [3.63, 3.8) is 0 Å². The summed E-state index contributed by atoms with van der Waals surface area (Å²) in [4.78, 5) is 10.5. The average Bonchev–Trinajstić information content (AvgIpc) is 2.12. The van der Waals surface area contributed by atoms with Crippen LogP contribution in [0.15, 0.2) is 0 Å². The molecule has 0 heterocycles. The largest absolute Gasteiger partial charge is 1.00 e. The summed E-state index contributed by atoms with van der Waals surface area (Å²) >= 11 is 0. The minimum Gasteiger partial charge on any atom is -1.00 e. The third-order valence-corrected chi connectivity index (χ3v) is 1.39. The van der Waals surface area contributed by atoms with Crippen LogP contribution in [0.2, 0.25) is 0 Å². The van der Waals surface area contributed by atoms with E-state index in [0.717, 1.165) is 0 Å². The van der Waals surface area contributed by atoms with Gasteiger partial charge in [0, 0.05) is 0 Å². The van der Waals surface area contributed by atoms with Crippen LogP contribution < -0.4 is 46.5 Å². The van der Waals surface area contributed by atoms with Crippen molar-refractivity contribution < 1.29 is 76.9 Å². The van der Waals surface area contributed by atoms with Gasteiger partial charge in [-0.1, -0.05) is 0 Å². The molecule has 80 valence electrons. The molecule has 14 heavy (non-hydrogen) atoms. The number of carbonyl (C=O) groups excluding carboxylic acids is 1. The predicted molar refractivity (Wildman–Crippen MR) is 37.2 cm³/mol. The van der Waals surface area contributed by atoms with Gasteiger partial charge in [-0.2, -0.15) is 0 Å². The number of halogens is 1. The molecule has 3 atom stereocenters. The average molecular weight is 283 g/mol. The summed E-state index contributed by atoms with van der Waals surface area (Å²) in [5, 5.41) is 43.1. The van der Waals surface area contributed by atoms with E-state index < -0.39 is 37.3 Å². The molecule has 0 aliphatic rings. The summed E-state index contributed by atoms with van der Waals surface area (Å²) in [7, 11) is 0. The second-order valence-corrected chi connectivity index (χ2v) is 2.31. The van der Waals surface area contributed by atoms with Crippen LogP contribution >= 0.6 is 0 Å². The topological polar surface area (TPSA) is 118 Å². The Hall–Kier alpha value is 0.950. The number of hydrogen-bond acceptors (Lipinski definition) is 6. The summed E-state index contributed by atoms with van der Waals surface area (Å²) < 4.78 is 0. The van der Waals surface area contributed by atoms with Gasteiger partial charge in [0.15, 0.2) is 5.78 Å². The maximum Gasteiger partial charge on any atom is 1.00 e. The fraction of sp³-hybridized carbons (Fsp3) is 0.833. The third-order valence-electron chi connectivity index (χ3n) is 1.39. The number of Topliss-reactive ketones (excluding diaryl/α,β-unsaturated/α-hetero) is 1. The fourth-order valence-corrected chi connectivity index (χ4v) is 0.602. The first kappa shape index (κ1) is 20.4. The van der Waals surface area contributed by atoms with Gasteiger partial charge in [0.25, 0.3) is 0 Å². The van der Waals surface area contributed by atoms with E-state index in [1.54, 1.807) is 0 Å². The van der Waals surface area contributed by atoms with Crippen LogP contribution in [0.25, 0.3) is 0 Å². The number of aliphatic hydroxyl groups excluding tert-OH is 5. The number of ketones is 1. The summed E-state index contributed by atoms with van der Waals surface area (Å²) in [5.74, 6) is -1.00. The fourth-order valence-electron chi connectivity index (χ4n) is 0.602. The Morgan fingerprint density at radius 3 is 1.86 bits per heavy atom. The van der Waals surface area contributed by atoms with Crippen molar-refractivity contribution in [2.75, 3.05) is 13.2 Å². The molecule has 0 aromatic carbocycles. The van der Waals surface area contributed by atoms with Crippen molar-refractivity contribution in [2.24, 2.45) is 0 Å². The second kappa shape index (κ2) is 10.5. The Balaban J connectivity index is -0.000000605. The van der Waals surface area contributed by atoms with E-state index in [9.17, 15) is 4.79 Å². The zero-order chi connectivity index (χ0) is 9.72. The molecule has 6 nitrogen and oxygen atoms in total. The Labute approximate surface area is 114 Å². The van der Waals surface area contributed by atoms with E-state index in [1.807, 2.05) is 0 Å². The minimum atomic E-state index is -1.86. The van der Waals surface area contributed by atoms with Crippen molar-refractivity contribution in [2.45, 2.75) is 18.3 Å². The summed E-state index contributed by atoms with van der Waals surface area (Å²) in [6.07, 6.45) is -5.22. The number of aliphatic hydroxyl groups is 5. The predicted octanol–water partition coefficient (Wildman–Crippen LogP) is -9.37. The molecule has 0 radical (unpaired) electrons. The maximum atomic E-state index is 10.5. The molecule has 0 aliphatic heterocycles. The summed E-state index contributed by atoms with van der Waals surface area (Å²) in [5.41, 5.74) is 0. The van der Waals surface area contributed by atoms with Gasteiger partial charge < -0.3 is 42.5 Å². The third kappa shape index (κ3) is 6.44. The Bertz CT molecular complexity index is 157. The van der Waals surface area contributed by atoms with Crippen LogP contribution in [0.4, 0.5) is 0 Å². The van der Waals surface area contributed by atoms with Crippen LogP contribution in [0.5, 0.6) is 0 Å². The van der Waals surface area contributed by atoms with Gasteiger partial charge in [-0.25, -0.2) is 0 Å². The first-order chi connectivity index (χ1) is 5.54. The maximum absolute atomic E-state index is 10.5. The van der Waals surface area contributed by atoms with E-state index in [4.69, 9.17) is 25.5 Å². The van der Waals surface area contributed by atoms with Gasteiger partial charge in [0.1, 0.15) is 24.9 Å². The molecule has 0 aliphatic carbocycles. The SMILES string of the molecule is O=C(CO)[C@H](O)[C@@H](O)[C@H](O)CO.[Br-].[Na+]. The molecular formula is C6H12BrNaO6. The van der Waals surface area contributed by atoms with Gasteiger partial charge in [-0.3, -0.25) is 4.79 Å². The normalized spacial score (nSPS) is 15.8. The standard InChI is InChI=1S/C6H12O6.BrH.Na/c7-1-3(9)5(11)6(12)4(10)2-8;;/h3,5-9,11-12H,1-2H2;1H;/q;;+1/p-1/t3-,5+,6+;;/m1../s1. The quantitative estimate of drug-likeness (QED) is 0.320. The van der Waals surface area contributed by atoms with Crippen molar-refractivity contribution in [3.8, 4) is 0 Å². The van der Waals surface area contributed by atoms with Crippen LogP contribution in [0.1, 0.15) is 0 Å². The van der Waals surface area contributed by atoms with E-state index in [-0.39, 0.29) is 46.5 Å². The zero-order valence-corrected chi connectivity index (χ0v) is 11.3. The molecule has 0 amide bonds. The monoisotopic (exact) mass is 282 g/mol. The molecule has 0 spiro atoms. The van der Waals surface area contributed by atoms with E-state index in [0.29, 0.717) is 0 Å². The van der Waals surface area contributed by atoms with Crippen molar-refractivity contribution in [3.05, 3.63) is 0 Å².